The van der Waals surface area contributed by atoms with Gasteiger partial charge in [0.2, 0.25) is 5.82 Å². The SMILES string of the molecule is COc1cc(Cl)c(-c2nc(-c3cn4cc(C(F)(F)F)cc(Cl)c4n3)no2)cc1Cl. The second-order valence-corrected chi connectivity index (χ2v) is 7.04. The third kappa shape index (κ3) is 3.61. The summed E-state index contributed by atoms with van der Waals surface area (Å²) >= 11 is 18.3. The molecule has 3 aromatic heterocycles. The molecule has 6 nitrogen and oxygen atoms in total. The molecule has 12 heteroatoms. The molecule has 0 aliphatic carbocycles. The van der Waals surface area contributed by atoms with E-state index in [0.717, 1.165) is 16.7 Å². The molecule has 0 amide bonds. The van der Waals surface area contributed by atoms with Gasteiger partial charge in [0.25, 0.3) is 5.89 Å². The van der Waals surface area contributed by atoms with Gasteiger partial charge in [-0.25, -0.2) is 4.98 Å². The number of hydrogen-bond acceptors (Lipinski definition) is 5. The van der Waals surface area contributed by atoms with Crippen LogP contribution < -0.4 is 4.74 Å². The van der Waals surface area contributed by atoms with Crippen LogP contribution in [0.3, 0.4) is 0 Å². The Labute approximate surface area is 175 Å². The van der Waals surface area contributed by atoms with Crippen molar-refractivity contribution >= 4 is 40.4 Å². The van der Waals surface area contributed by atoms with Crippen molar-refractivity contribution in [1.29, 1.82) is 0 Å². The van der Waals surface area contributed by atoms with Crippen LogP contribution in [0.5, 0.6) is 5.75 Å². The van der Waals surface area contributed by atoms with Crippen LogP contribution in [0.1, 0.15) is 5.56 Å². The van der Waals surface area contributed by atoms with Crippen molar-refractivity contribution < 1.29 is 22.4 Å². The summed E-state index contributed by atoms with van der Waals surface area (Å²) < 4.78 is 50.4. The number of ether oxygens (including phenoxy) is 1. The van der Waals surface area contributed by atoms with E-state index < -0.39 is 11.7 Å². The van der Waals surface area contributed by atoms with Crippen molar-refractivity contribution in [3.05, 3.63) is 51.2 Å². The first kappa shape index (κ1) is 19.8. The van der Waals surface area contributed by atoms with Crippen molar-refractivity contribution in [2.24, 2.45) is 0 Å². The van der Waals surface area contributed by atoms with Crippen molar-refractivity contribution in [3.8, 4) is 28.7 Å². The zero-order valence-electron chi connectivity index (χ0n) is 14.3. The van der Waals surface area contributed by atoms with Gasteiger partial charge < -0.3 is 13.7 Å². The van der Waals surface area contributed by atoms with Crippen LogP contribution in [-0.4, -0.2) is 26.6 Å². The molecule has 0 radical (unpaired) electrons. The van der Waals surface area contributed by atoms with Crippen LogP contribution in [0.4, 0.5) is 13.2 Å². The molecule has 0 aliphatic heterocycles. The highest BCUT2D eigenvalue weighted by Gasteiger charge is 2.32. The number of hydrogen-bond donors (Lipinski definition) is 0. The summed E-state index contributed by atoms with van der Waals surface area (Å²) in [6.07, 6.45) is -2.36. The molecule has 4 rings (SSSR count). The molecule has 29 heavy (non-hydrogen) atoms. The lowest BCUT2D eigenvalue weighted by molar-refractivity contribution is -0.137. The van der Waals surface area contributed by atoms with Gasteiger partial charge in [-0.1, -0.05) is 40.0 Å². The molecule has 0 bridgehead atoms. The van der Waals surface area contributed by atoms with Crippen molar-refractivity contribution in [2.45, 2.75) is 6.18 Å². The number of nitrogens with zero attached hydrogens (tertiary/aromatic N) is 4. The fourth-order valence-electron chi connectivity index (χ4n) is 2.61. The Kier molecular flexibility index (Phi) is 4.84. The van der Waals surface area contributed by atoms with Gasteiger partial charge >= 0.3 is 6.18 Å². The van der Waals surface area contributed by atoms with Gasteiger partial charge in [-0.3, -0.25) is 0 Å². The molecular weight excluding hydrogens is 456 g/mol. The predicted octanol–water partition coefficient (Wildman–Crippen LogP) is 6.04. The average molecular weight is 464 g/mol. The molecule has 3 heterocycles. The number of fused-ring (bicyclic) bond motifs is 1. The average Bonchev–Trinajstić information content (AvgIpc) is 3.29. The Hall–Kier alpha value is -2.49. The van der Waals surface area contributed by atoms with Crippen LogP contribution in [0.25, 0.3) is 28.6 Å². The minimum atomic E-state index is -4.55. The molecule has 0 saturated heterocycles. The summed E-state index contributed by atoms with van der Waals surface area (Å²) in [5.41, 5.74) is -0.270. The number of aromatic nitrogens is 4. The summed E-state index contributed by atoms with van der Waals surface area (Å²) in [6.45, 7) is 0. The molecule has 4 aromatic rings. The Morgan fingerprint density at radius 2 is 1.76 bits per heavy atom. The standard InChI is InChI=1S/C17H8Cl3F3N4O2/c1-28-13-4-9(18)8(3-10(13)19)16-25-14(26-29-16)12-6-27-5-7(17(21,22)23)2-11(20)15(27)24-12/h2-6H,1H3. The molecule has 150 valence electrons. The normalized spacial score (nSPS) is 12.0. The molecule has 0 fully saturated rings. The Morgan fingerprint density at radius 1 is 1.00 bits per heavy atom. The summed E-state index contributed by atoms with van der Waals surface area (Å²) in [5, 5.41) is 4.19. The van der Waals surface area contributed by atoms with E-state index in [1.54, 1.807) is 0 Å². The minimum absolute atomic E-state index is 0.0383. The number of pyridine rings is 1. The van der Waals surface area contributed by atoms with Crippen LogP contribution in [-0.2, 0) is 6.18 Å². The van der Waals surface area contributed by atoms with Gasteiger partial charge in [0, 0.05) is 18.5 Å². The van der Waals surface area contributed by atoms with E-state index in [0.29, 0.717) is 11.3 Å². The molecule has 0 unspecified atom stereocenters. The molecule has 1 aromatic carbocycles. The van der Waals surface area contributed by atoms with Gasteiger partial charge in [0.05, 0.1) is 33.3 Å². The molecule has 0 saturated carbocycles. The second kappa shape index (κ2) is 7.08. The van der Waals surface area contributed by atoms with E-state index >= 15 is 0 Å². The van der Waals surface area contributed by atoms with Crippen LogP contribution in [0.2, 0.25) is 15.1 Å². The first-order valence-electron chi connectivity index (χ1n) is 7.80. The molecule has 0 atom stereocenters. The van der Waals surface area contributed by atoms with Gasteiger partial charge in [0.15, 0.2) is 5.65 Å². The maximum Gasteiger partial charge on any atom is 0.417 e. The summed E-state index contributed by atoms with van der Waals surface area (Å²) in [5.74, 6) is 0.459. The monoisotopic (exact) mass is 462 g/mol. The lowest BCUT2D eigenvalue weighted by Gasteiger charge is -2.07. The van der Waals surface area contributed by atoms with Gasteiger partial charge in [-0.15, -0.1) is 0 Å². The second-order valence-electron chi connectivity index (χ2n) is 5.82. The van der Waals surface area contributed by atoms with Crippen molar-refractivity contribution in [3.63, 3.8) is 0 Å². The van der Waals surface area contributed by atoms with Crippen LogP contribution >= 0.6 is 34.8 Å². The van der Waals surface area contributed by atoms with Crippen molar-refractivity contribution in [2.75, 3.05) is 7.11 Å². The number of rotatable bonds is 3. The maximum atomic E-state index is 13.0. The third-order valence-corrected chi connectivity index (χ3v) is 4.85. The van der Waals surface area contributed by atoms with E-state index in [2.05, 4.69) is 15.1 Å². The highest BCUT2D eigenvalue weighted by molar-refractivity contribution is 6.36. The molecular formula is C17H8Cl3F3N4O2. The first-order chi connectivity index (χ1) is 13.7. The Balaban J connectivity index is 1.76. The molecule has 0 N–H and O–H groups in total. The fraction of sp³-hybridized carbons (Fsp3) is 0.118. The first-order valence-corrected chi connectivity index (χ1v) is 8.93. The smallest absolute Gasteiger partial charge is 0.417 e. The Morgan fingerprint density at radius 3 is 2.45 bits per heavy atom. The Bertz CT molecular complexity index is 1240. The molecule has 0 aliphatic rings. The zero-order valence-corrected chi connectivity index (χ0v) is 16.5. The van der Waals surface area contributed by atoms with E-state index in [-0.39, 0.29) is 38.1 Å². The van der Waals surface area contributed by atoms with E-state index in [1.807, 2.05) is 0 Å². The lowest BCUT2D eigenvalue weighted by atomic mass is 10.2. The minimum Gasteiger partial charge on any atom is -0.495 e. The summed E-state index contributed by atoms with van der Waals surface area (Å²) in [6, 6.07) is 3.79. The quantitative estimate of drug-likeness (QED) is 0.371. The number of benzene rings is 1. The highest BCUT2D eigenvalue weighted by atomic mass is 35.5. The van der Waals surface area contributed by atoms with Crippen LogP contribution in [0, 0.1) is 0 Å². The predicted molar refractivity (Wildman–Crippen MR) is 101 cm³/mol. The number of imidazole rings is 1. The van der Waals surface area contributed by atoms with Gasteiger partial charge in [0.1, 0.15) is 11.4 Å². The zero-order chi connectivity index (χ0) is 20.9. The summed E-state index contributed by atoms with van der Waals surface area (Å²) in [4.78, 5) is 8.38. The van der Waals surface area contributed by atoms with Gasteiger partial charge in [-0.05, 0) is 12.1 Å². The van der Waals surface area contributed by atoms with E-state index in [9.17, 15) is 13.2 Å². The van der Waals surface area contributed by atoms with E-state index in [4.69, 9.17) is 44.1 Å². The topological polar surface area (TPSA) is 65.5 Å². The number of alkyl halides is 3. The lowest BCUT2D eigenvalue weighted by Crippen LogP contribution is -2.06. The van der Waals surface area contributed by atoms with E-state index in [1.165, 1.54) is 25.4 Å². The van der Waals surface area contributed by atoms with Gasteiger partial charge in [-0.2, -0.15) is 18.2 Å². The largest absolute Gasteiger partial charge is 0.495 e. The third-order valence-electron chi connectivity index (χ3n) is 3.96. The van der Waals surface area contributed by atoms with Crippen molar-refractivity contribution in [1.82, 2.24) is 19.5 Å². The summed E-state index contributed by atoms with van der Waals surface area (Å²) in [7, 11) is 1.45. The maximum absolute atomic E-state index is 13.0. The fourth-order valence-corrected chi connectivity index (χ4v) is 3.34. The highest BCUT2D eigenvalue weighted by Crippen LogP contribution is 2.37. The number of methoxy groups -OCH3 is 1. The molecule has 0 spiro atoms. The van der Waals surface area contributed by atoms with Crippen LogP contribution in [0.15, 0.2) is 35.1 Å². The number of halogens is 6.